The lowest BCUT2D eigenvalue weighted by Crippen LogP contribution is -2.39. The smallest absolute Gasteiger partial charge is 0.0186 e. The quantitative estimate of drug-likeness (QED) is 0.608. The molecule has 0 aliphatic rings. The van der Waals surface area contributed by atoms with Crippen molar-refractivity contribution < 1.29 is 0 Å². The predicted molar refractivity (Wildman–Crippen MR) is 60.0 cm³/mol. The maximum Gasteiger partial charge on any atom is 0.0186 e. The van der Waals surface area contributed by atoms with Gasteiger partial charge >= 0.3 is 0 Å². The minimum absolute atomic E-state index is 0.598. The molecule has 0 radical (unpaired) electrons. The highest BCUT2D eigenvalue weighted by molar-refractivity contribution is 4.72. The van der Waals surface area contributed by atoms with Crippen LogP contribution in [0.15, 0.2) is 12.7 Å². The van der Waals surface area contributed by atoms with Gasteiger partial charge in [0, 0.05) is 18.6 Å². The molecule has 0 bridgehead atoms. The summed E-state index contributed by atoms with van der Waals surface area (Å²) in [7, 11) is 4.22. The van der Waals surface area contributed by atoms with Gasteiger partial charge in [0.1, 0.15) is 0 Å². The summed E-state index contributed by atoms with van der Waals surface area (Å²) in [6.07, 6.45) is 4.27. The Morgan fingerprint density at radius 3 is 2.46 bits per heavy atom. The molecule has 2 nitrogen and oxygen atoms in total. The minimum atomic E-state index is 0.598. The zero-order chi connectivity index (χ0) is 10.3. The Labute approximate surface area is 83.0 Å². The average molecular weight is 184 g/mol. The van der Waals surface area contributed by atoms with Gasteiger partial charge in [-0.15, -0.1) is 6.58 Å². The van der Waals surface area contributed by atoms with Crippen LogP contribution < -0.4 is 5.32 Å². The molecule has 0 aromatic rings. The van der Waals surface area contributed by atoms with Crippen molar-refractivity contribution in [3.8, 4) is 0 Å². The van der Waals surface area contributed by atoms with Gasteiger partial charge in [-0.1, -0.05) is 6.08 Å². The van der Waals surface area contributed by atoms with E-state index >= 15 is 0 Å². The number of allylic oxidation sites excluding steroid dienone is 1. The SMILES string of the molecule is C=CCCC(C)NCC(C)N(C)C. The Morgan fingerprint density at radius 1 is 1.38 bits per heavy atom. The highest BCUT2D eigenvalue weighted by Gasteiger charge is 2.05. The lowest BCUT2D eigenvalue weighted by molar-refractivity contribution is 0.293. The first kappa shape index (κ1) is 12.7. The molecule has 0 rings (SSSR count). The van der Waals surface area contributed by atoms with Gasteiger partial charge in [-0.25, -0.2) is 0 Å². The monoisotopic (exact) mass is 184 g/mol. The van der Waals surface area contributed by atoms with Crippen LogP contribution >= 0.6 is 0 Å². The Hall–Kier alpha value is -0.340. The number of hydrogen-bond acceptors (Lipinski definition) is 2. The molecule has 0 fully saturated rings. The highest BCUT2D eigenvalue weighted by atomic mass is 15.1. The second kappa shape index (κ2) is 7.10. The largest absolute Gasteiger partial charge is 0.313 e. The van der Waals surface area contributed by atoms with E-state index in [0.29, 0.717) is 12.1 Å². The molecule has 2 atom stereocenters. The fraction of sp³-hybridized carbons (Fsp3) is 0.818. The summed E-state index contributed by atoms with van der Waals surface area (Å²) in [5.41, 5.74) is 0. The zero-order valence-electron chi connectivity index (χ0n) is 9.51. The third kappa shape index (κ3) is 6.79. The number of likely N-dealkylation sites (N-methyl/N-ethyl adjacent to an activating group) is 1. The molecule has 2 heteroatoms. The Kier molecular flexibility index (Phi) is 6.92. The van der Waals surface area contributed by atoms with E-state index in [4.69, 9.17) is 0 Å². The topological polar surface area (TPSA) is 15.3 Å². The van der Waals surface area contributed by atoms with Crippen LogP contribution in [0.1, 0.15) is 26.7 Å². The number of rotatable bonds is 7. The van der Waals surface area contributed by atoms with Gasteiger partial charge in [-0.3, -0.25) is 0 Å². The molecule has 0 aliphatic carbocycles. The number of nitrogens with one attached hydrogen (secondary N) is 1. The molecular formula is C11H24N2. The van der Waals surface area contributed by atoms with Crippen LogP contribution in [-0.4, -0.2) is 37.6 Å². The van der Waals surface area contributed by atoms with Gasteiger partial charge in [0.15, 0.2) is 0 Å². The van der Waals surface area contributed by atoms with Crippen LogP contribution in [0.2, 0.25) is 0 Å². The van der Waals surface area contributed by atoms with E-state index in [1.807, 2.05) is 6.08 Å². The van der Waals surface area contributed by atoms with E-state index in [9.17, 15) is 0 Å². The molecule has 0 spiro atoms. The fourth-order valence-electron chi connectivity index (χ4n) is 1.02. The van der Waals surface area contributed by atoms with Crippen molar-refractivity contribution in [1.82, 2.24) is 10.2 Å². The maximum atomic E-state index is 3.72. The molecule has 0 amide bonds. The van der Waals surface area contributed by atoms with Crippen molar-refractivity contribution in [2.45, 2.75) is 38.8 Å². The first-order valence-electron chi connectivity index (χ1n) is 5.08. The van der Waals surface area contributed by atoms with Crippen molar-refractivity contribution >= 4 is 0 Å². The molecule has 0 heterocycles. The normalized spacial score (nSPS) is 15.8. The maximum absolute atomic E-state index is 3.72. The lowest BCUT2D eigenvalue weighted by Gasteiger charge is -2.22. The molecule has 0 saturated carbocycles. The van der Waals surface area contributed by atoms with E-state index in [2.05, 4.69) is 44.7 Å². The number of hydrogen-bond donors (Lipinski definition) is 1. The van der Waals surface area contributed by atoms with Gasteiger partial charge in [-0.2, -0.15) is 0 Å². The van der Waals surface area contributed by atoms with Gasteiger partial charge < -0.3 is 10.2 Å². The second-order valence-electron chi connectivity index (χ2n) is 3.99. The molecule has 13 heavy (non-hydrogen) atoms. The van der Waals surface area contributed by atoms with Gasteiger partial charge in [0.2, 0.25) is 0 Å². The fourth-order valence-corrected chi connectivity index (χ4v) is 1.02. The van der Waals surface area contributed by atoms with E-state index in [1.54, 1.807) is 0 Å². The lowest BCUT2D eigenvalue weighted by atomic mass is 10.1. The van der Waals surface area contributed by atoms with Gasteiger partial charge in [0.05, 0.1) is 0 Å². The van der Waals surface area contributed by atoms with Crippen LogP contribution in [0.25, 0.3) is 0 Å². The summed E-state index contributed by atoms with van der Waals surface area (Å²) in [4.78, 5) is 2.23. The van der Waals surface area contributed by atoms with Crippen molar-refractivity contribution in [2.24, 2.45) is 0 Å². The third-order valence-electron chi connectivity index (χ3n) is 2.45. The summed E-state index contributed by atoms with van der Waals surface area (Å²) in [6, 6.07) is 1.20. The Bertz CT molecular complexity index is 132. The van der Waals surface area contributed by atoms with Crippen LogP contribution in [-0.2, 0) is 0 Å². The molecular weight excluding hydrogens is 160 g/mol. The first-order valence-corrected chi connectivity index (χ1v) is 5.08. The van der Waals surface area contributed by atoms with Crippen molar-refractivity contribution in [3.63, 3.8) is 0 Å². The predicted octanol–water partition coefficient (Wildman–Crippen LogP) is 1.88. The van der Waals surface area contributed by atoms with Crippen LogP contribution in [0.5, 0.6) is 0 Å². The average Bonchev–Trinajstić information content (AvgIpc) is 2.10. The molecule has 0 aliphatic heterocycles. The zero-order valence-corrected chi connectivity index (χ0v) is 9.51. The third-order valence-corrected chi connectivity index (χ3v) is 2.45. The van der Waals surface area contributed by atoms with Gasteiger partial charge in [0.25, 0.3) is 0 Å². The van der Waals surface area contributed by atoms with Crippen molar-refractivity contribution in [2.75, 3.05) is 20.6 Å². The molecule has 2 unspecified atom stereocenters. The first-order chi connectivity index (χ1) is 6.07. The minimum Gasteiger partial charge on any atom is -0.313 e. The highest BCUT2D eigenvalue weighted by Crippen LogP contribution is 1.97. The Morgan fingerprint density at radius 2 is 2.00 bits per heavy atom. The molecule has 1 N–H and O–H groups in total. The molecule has 0 aromatic heterocycles. The summed E-state index contributed by atoms with van der Waals surface area (Å²) >= 11 is 0. The molecule has 0 saturated heterocycles. The van der Waals surface area contributed by atoms with E-state index in [-0.39, 0.29) is 0 Å². The molecule has 0 aromatic carbocycles. The Balaban J connectivity index is 3.45. The second-order valence-corrected chi connectivity index (χ2v) is 3.99. The van der Waals surface area contributed by atoms with Crippen molar-refractivity contribution in [3.05, 3.63) is 12.7 Å². The standard InChI is InChI=1S/C11H24N2/c1-6-7-8-10(2)12-9-11(3)13(4)5/h6,10-12H,1,7-9H2,2-5H3. The van der Waals surface area contributed by atoms with E-state index in [0.717, 1.165) is 13.0 Å². The summed E-state index contributed by atoms with van der Waals surface area (Å²) in [5.74, 6) is 0. The summed E-state index contributed by atoms with van der Waals surface area (Å²) < 4.78 is 0. The van der Waals surface area contributed by atoms with Crippen molar-refractivity contribution in [1.29, 1.82) is 0 Å². The van der Waals surface area contributed by atoms with E-state index in [1.165, 1.54) is 6.42 Å². The van der Waals surface area contributed by atoms with Crippen LogP contribution in [0, 0.1) is 0 Å². The van der Waals surface area contributed by atoms with E-state index < -0.39 is 0 Å². The van der Waals surface area contributed by atoms with Gasteiger partial charge in [-0.05, 0) is 40.8 Å². The molecule has 78 valence electrons. The summed E-state index contributed by atoms with van der Waals surface area (Å²) in [6.45, 7) is 9.24. The van der Waals surface area contributed by atoms with Crippen LogP contribution in [0.3, 0.4) is 0 Å². The van der Waals surface area contributed by atoms with Crippen LogP contribution in [0.4, 0.5) is 0 Å². The summed E-state index contributed by atoms with van der Waals surface area (Å²) in [5, 5.41) is 3.51. The number of nitrogens with zero attached hydrogens (tertiary/aromatic N) is 1.